The zero-order valence-electron chi connectivity index (χ0n) is 10.2. The average Bonchev–Trinajstić information content (AvgIpc) is 2.29. The predicted molar refractivity (Wildman–Crippen MR) is 70.9 cm³/mol. The molecule has 94 valence electrons. The number of rotatable bonds is 5. The van der Waals surface area contributed by atoms with Crippen LogP contribution in [0, 0.1) is 0 Å². The summed E-state index contributed by atoms with van der Waals surface area (Å²) in [4.78, 5) is 11.7. The molecule has 3 nitrogen and oxygen atoms in total. The van der Waals surface area contributed by atoms with Crippen LogP contribution in [0.4, 0.5) is 0 Å². The molecule has 0 saturated heterocycles. The average molecular weight is 255 g/mol. The van der Waals surface area contributed by atoms with Gasteiger partial charge in [-0.3, -0.25) is 4.79 Å². The summed E-state index contributed by atoms with van der Waals surface area (Å²) < 4.78 is 0. The lowest BCUT2D eigenvalue weighted by atomic mass is 10.1. The lowest BCUT2D eigenvalue weighted by Gasteiger charge is -2.18. The minimum absolute atomic E-state index is 0.126. The molecule has 2 atom stereocenters. The second kappa shape index (κ2) is 6.62. The third-order valence-electron chi connectivity index (χ3n) is 2.67. The quantitative estimate of drug-likeness (QED) is 0.849. The van der Waals surface area contributed by atoms with Gasteiger partial charge in [0.15, 0.2) is 0 Å². The van der Waals surface area contributed by atoms with Gasteiger partial charge < -0.3 is 11.1 Å². The van der Waals surface area contributed by atoms with Crippen molar-refractivity contribution in [1.29, 1.82) is 0 Å². The zero-order chi connectivity index (χ0) is 12.8. The maximum Gasteiger partial charge on any atom is 0.237 e. The first-order valence-electron chi connectivity index (χ1n) is 5.86. The van der Waals surface area contributed by atoms with Crippen molar-refractivity contribution >= 4 is 17.5 Å². The van der Waals surface area contributed by atoms with E-state index in [-0.39, 0.29) is 11.9 Å². The van der Waals surface area contributed by atoms with Crippen molar-refractivity contribution in [3.05, 3.63) is 34.9 Å². The number of nitrogens with one attached hydrogen (secondary N) is 1. The summed E-state index contributed by atoms with van der Waals surface area (Å²) in [5, 5.41) is 3.53. The Kier molecular flexibility index (Phi) is 5.45. The third-order valence-corrected chi connectivity index (χ3v) is 3.01. The smallest absolute Gasteiger partial charge is 0.237 e. The highest BCUT2D eigenvalue weighted by molar-refractivity contribution is 6.31. The number of halogens is 1. The van der Waals surface area contributed by atoms with E-state index in [1.54, 1.807) is 0 Å². The van der Waals surface area contributed by atoms with E-state index >= 15 is 0 Å². The Hall–Kier alpha value is -1.06. The molecular weight excluding hydrogens is 236 g/mol. The molecule has 1 amide bonds. The largest absolute Gasteiger partial charge is 0.348 e. The Morgan fingerprint density at radius 1 is 1.47 bits per heavy atom. The molecule has 17 heavy (non-hydrogen) atoms. The van der Waals surface area contributed by atoms with Crippen LogP contribution in [0.15, 0.2) is 24.3 Å². The molecule has 4 heteroatoms. The van der Waals surface area contributed by atoms with Crippen LogP contribution in [0.1, 0.15) is 38.3 Å². The highest BCUT2D eigenvalue weighted by atomic mass is 35.5. The fourth-order valence-corrected chi connectivity index (χ4v) is 1.97. The van der Waals surface area contributed by atoms with Gasteiger partial charge in [0.25, 0.3) is 0 Å². The molecule has 0 aliphatic rings. The Morgan fingerprint density at radius 2 is 2.12 bits per heavy atom. The van der Waals surface area contributed by atoms with Crippen LogP contribution < -0.4 is 11.1 Å². The lowest BCUT2D eigenvalue weighted by Crippen LogP contribution is -2.41. The van der Waals surface area contributed by atoms with Crippen molar-refractivity contribution in [3.8, 4) is 0 Å². The number of carbonyl (C=O) groups excluding carboxylic acids is 1. The number of amides is 1. The molecular formula is C13H19ClN2O. The maximum atomic E-state index is 11.7. The standard InChI is InChI=1S/C13H19ClN2O/c1-3-6-12(15)13(17)16-9(2)10-7-4-5-8-11(10)14/h4-5,7-9,12H,3,6,15H2,1-2H3,(H,16,17)/t9-,12-/m1/s1. The molecule has 1 aromatic carbocycles. The van der Waals surface area contributed by atoms with Crippen molar-refractivity contribution in [2.45, 2.75) is 38.8 Å². The zero-order valence-corrected chi connectivity index (χ0v) is 11.0. The molecule has 0 aliphatic heterocycles. The topological polar surface area (TPSA) is 55.1 Å². The van der Waals surface area contributed by atoms with E-state index < -0.39 is 6.04 Å². The minimum Gasteiger partial charge on any atom is -0.348 e. The SMILES string of the molecule is CCC[C@@H](N)C(=O)N[C@H](C)c1ccccc1Cl. The van der Waals surface area contributed by atoms with E-state index in [4.69, 9.17) is 17.3 Å². The fourth-order valence-electron chi connectivity index (χ4n) is 1.67. The van der Waals surface area contributed by atoms with Crippen LogP contribution >= 0.6 is 11.6 Å². The molecule has 3 N–H and O–H groups in total. The Morgan fingerprint density at radius 3 is 2.71 bits per heavy atom. The van der Waals surface area contributed by atoms with Crippen LogP contribution in [-0.2, 0) is 4.79 Å². The van der Waals surface area contributed by atoms with Gasteiger partial charge in [-0.05, 0) is 25.0 Å². The molecule has 1 aromatic rings. The van der Waals surface area contributed by atoms with E-state index in [2.05, 4.69) is 5.32 Å². The van der Waals surface area contributed by atoms with Crippen molar-refractivity contribution < 1.29 is 4.79 Å². The normalized spacial score (nSPS) is 14.1. The Bertz CT molecular complexity index is 381. The highest BCUT2D eigenvalue weighted by Crippen LogP contribution is 2.22. The first-order valence-corrected chi connectivity index (χ1v) is 6.24. The molecule has 0 spiro atoms. The van der Waals surface area contributed by atoms with Crippen molar-refractivity contribution in [1.82, 2.24) is 5.32 Å². The first-order chi connectivity index (χ1) is 8.06. The predicted octanol–water partition coefficient (Wildman–Crippen LogP) is 2.64. The Labute approximate surface area is 107 Å². The first kappa shape index (κ1) is 14.0. The number of nitrogens with two attached hydrogens (primary N) is 1. The summed E-state index contributed by atoms with van der Waals surface area (Å²) in [5.74, 6) is -0.126. The van der Waals surface area contributed by atoms with Crippen LogP contribution in [-0.4, -0.2) is 11.9 Å². The van der Waals surface area contributed by atoms with E-state index in [0.29, 0.717) is 11.4 Å². The van der Waals surface area contributed by atoms with Gasteiger partial charge in [-0.25, -0.2) is 0 Å². The van der Waals surface area contributed by atoms with E-state index in [0.717, 1.165) is 12.0 Å². The minimum atomic E-state index is -0.440. The molecule has 0 aliphatic carbocycles. The van der Waals surface area contributed by atoms with Crippen LogP contribution in [0.2, 0.25) is 5.02 Å². The monoisotopic (exact) mass is 254 g/mol. The van der Waals surface area contributed by atoms with Crippen LogP contribution in [0.25, 0.3) is 0 Å². The summed E-state index contributed by atoms with van der Waals surface area (Å²) >= 11 is 6.06. The molecule has 0 aromatic heterocycles. The molecule has 1 rings (SSSR count). The second-order valence-electron chi connectivity index (χ2n) is 4.15. The molecule has 0 fully saturated rings. The van der Waals surface area contributed by atoms with Gasteiger partial charge in [-0.15, -0.1) is 0 Å². The lowest BCUT2D eigenvalue weighted by molar-refractivity contribution is -0.123. The van der Waals surface area contributed by atoms with Gasteiger partial charge in [0.2, 0.25) is 5.91 Å². The van der Waals surface area contributed by atoms with Gasteiger partial charge in [-0.2, -0.15) is 0 Å². The van der Waals surface area contributed by atoms with E-state index in [9.17, 15) is 4.79 Å². The number of hydrogen-bond donors (Lipinski definition) is 2. The highest BCUT2D eigenvalue weighted by Gasteiger charge is 2.16. The van der Waals surface area contributed by atoms with E-state index in [1.165, 1.54) is 0 Å². The van der Waals surface area contributed by atoms with Gasteiger partial charge >= 0.3 is 0 Å². The van der Waals surface area contributed by atoms with E-state index in [1.807, 2.05) is 38.1 Å². The van der Waals surface area contributed by atoms with Crippen molar-refractivity contribution in [2.24, 2.45) is 5.73 Å². The number of carbonyl (C=O) groups is 1. The third kappa shape index (κ3) is 4.02. The summed E-state index contributed by atoms with van der Waals surface area (Å²) in [7, 11) is 0. The number of hydrogen-bond acceptors (Lipinski definition) is 2. The number of benzene rings is 1. The summed E-state index contributed by atoms with van der Waals surface area (Å²) in [6, 6.07) is 6.91. The molecule has 0 unspecified atom stereocenters. The van der Waals surface area contributed by atoms with Crippen molar-refractivity contribution in [2.75, 3.05) is 0 Å². The van der Waals surface area contributed by atoms with Gasteiger partial charge in [0.1, 0.15) is 0 Å². The maximum absolute atomic E-state index is 11.7. The summed E-state index contributed by atoms with van der Waals surface area (Å²) in [5.41, 5.74) is 6.66. The van der Waals surface area contributed by atoms with Gasteiger partial charge in [0.05, 0.1) is 12.1 Å². The Balaban J connectivity index is 2.63. The fraction of sp³-hybridized carbons (Fsp3) is 0.462. The second-order valence-corrected chi connectivity index (χ2v) is 4.55. The summed E-state index contributed by atoms with van der Waals surface area (Å²) in [6.45, 7) is 3.91. The molecule has 0 bridgehead atoms. The van der Waals surface area contributed by atoms with Crippen LogP contribution in [0.5, 0.6) is 0 Å². The van der Waals surface area contributed by atoms with Gasteiger partial charge in [-0.1, -0.05) is 43.1 Å². The van der Waals surface area contributed by atoms with Crippen LogP contribution in [0.3, 0.4) is 0 Å². The van der Waals surface area contributed by atoms with Gasteiger partial charge in [0, 0.05) is 5.02 Å². The molecule has 0 saturated carbocycles. The van der Waals surface area contributed by atoms with Crippen molar-refractivity contribution in [3.63, 3.8) is 0 Å². The summed E-state index contributed by atoms with van der Waals surface area (Å²) in [6.07, 6.45) is 1.59. The molecule has 0 radical (unpaired) electrons. The molecule has 0 heterocycles.